The molecule has 0 saturated heterocycles. The van der Waals surface area contributed by atoms with Crippen molar-refractivity contribution in [3.05, 3.63) is 42.1 Å². The third-order valence-electron chi connectivity index (χ3n) is 2.41. The van der Waals surface area contributed by atoms with Crippen molar-refractivity contribution in [1.29, 1.82) is 0 Å². The molecule has 90 valence electrons. The maximum Gasteiger partial charge on any atom is 1.00 e. The van der Waals surface area contributed by atoms with Gasteiger partial charge in [-0.05, 0) is 18.6 Å². The molecule has 0 aliphatic rings. The Morgan fingerprint density at radius 3 is 2.78 bits per heavy atom. The summed E-state index contributed by atoms with van der Waals surface area (Å²) in [6.07, 6.45) is 1.54. The van der Waals surface area contributed by atoms with Gasteiger partial charge in [0, 0.05) is 17.7 Å². The van der Waals surface area contributed by atoms with Gasteiger partial charge in [-0.25, -0.2) is 0 Å². The maximum absolute atomic E-state index is 11.6. The van der Waals surface area contributed by atoms with Gasteiger partial charge >= 0.3 is 29.6 Å². The molecule has 0 aliphatic heterocycles. The van der Waals surface area contributed by atoms with Crippen molar-refractivity contribution < 1.29 is 43.5 Å². The third kappa shape index (κ3) is 3.89. The fourth-order valence-electron chi connectivity index (χ4n) is 1.75. The summed E-state index contributed by atoms with van der Waals surface area (Å²) >= 11 is 0. The Hall–Kier alpha value is -0.220. The zero-order valence-electron chi connectivity index (χ0n) is 10.5. The summed E-state index contributed by atoms with van der Waals surface area (Å²) in [6.45, 7) is 1.82. The number of pyridine rings is 1. The van der Waals surface area contributed by atoms with Crippen molar-refractivity contribution >= 4 is 18.5 Å². The smallest absolute Gasteiger partial charge is 0.778 e. The molecule has 0 bridgehead atoms. The molecule has 1 atom stereocenters. The minimum Gasteiger partial charge on any atom is -0.778 e. The van der Waals surface area contributed by atoms with Gasteiger partial charge in [-0.3, -0.25) is 4.98 Å². The van der Waals surface area contributed by atoms with Crippen molar-refractivity contribution in [1.82, 2.24) is 4.98 Å². The summed E-state index contributed by atoms with van der Waals surface area (Å²) in [4.78, 5) is 15.8. The zero-order valence-corrected chi connectivity index (χ0v) is 13.4. The summed E-state index contributed by atoms with van der Waals surface area (Å²) < 4.78 is 16.4. The van der Waals surface area contributed by atoms with Gasteiger partial charge in [0.05, 0.1) is 12.1 Å². The molecule has 1 aromatic carbocycles. The van der Waals surface area contributed by atoms with E-state index >= 15 is 0 Å². The predicted octanol–water partition coefficient (Wildman–Crippen LogP) is -0.671. The third-order valence-corrected chi connectivity index (χ3v) is 3.79. The monoisotopic (exact) mass is 273 g/mol. The summed E-state index contributed by atoms with van der Waals surface area (Å²) in [5, 5.41) is 0.932. The molecule has 0 amide bonds. The molecule has 0 spiro atoms. The first-order valence-electron chi connectivity index (χ1n) is 5.39. The summed E-state index contributed by atoms with van der Waals surface area (Å²) in [5.74, 6) is 0. The Morgan fingerprint density at radius 2 is 2.06 bits per heavy atom. The molecule has 0 N–H and O–H groups in total. The van der Waals surface area contributed by atoms with Crippen molar-refractivity contribution in [2.45, 2.75) is 13.1 Å². The van der Waals surface area contributed by atoms with Crippen LogP contribution in [0, 0.1) is 0 Å². The minimum atomic E-state index is -3.81. The molecule has 2 aromatic rings. The quantitative estimate of drug-likeness (QED) is 0.547. The van der Waals surface area contributed by atoms with Gasteiger partial charge in [-0.1, -0.05) is 24.3 Å². The van der Waals surface area contributed by atoms with E-state index in [0.29, 0.717) is 11.1 Å². The molecule has 6 heteroatoms. The second-order valence-corrected chi connectivity index (χ2v) is 5.48. The van der Waals surface area contributed by atoms with Crippen LogP contribution in [0.5, 0.6) is 0 Å². The second kappa shape index (κ2) is 6.80. The largest absolute Gasteiger partial charge is 1.00 e. The van der Waals surface area contributed by atoms with Gasteiger partial charge in [0.1, 0.15) is 7.60 Å². The zero-order chi connectivity index (χ0) is 12.3. The number of para-hydroxylation sites is 1. The van der Waals surface area contributed by atoms with Crippen LogP contribution in [-0.4, -0.2) is 11.6 Å². The molecule has 1 heterocycles. The predicted molar refractivity (Wildman–Crippen MR) is 64.7 cm³/mol. The van der Waals surface area contributed by atoms with Crippen LogP contribution in [0.3, 0.4) is 0 Å². The molecule has 0 fully saturated rings. The van der Waals surface area contributed by atoms with Crippen molar-refractivity contribution in [2.75, 3.05) is 6.61 Å². The van der Waals surface area contributed by atoms with Crippen LogP contribution >= 0.6 is 7.60 Å². The van der Waals surface area contributed by atoms with Gasteiger partial charge in [0.2, 0.25) is 0 Å². The molecule has 0 radical (unpaired) electrons. The number of hydrogen-bond donors (Lipinski definition) is 0. The summed E-state index contributed by atoms with van der Waals surface area (Å²) in [5.41, 5.74) is 1.39. The van der Waals surface area contributed by atoms with E-state index in [0.717, 1.165) is 5.39 Å². The van der Waals surface area contributed by atoms with E-state index in [2.05, 4.69) is 4.98 Å². The average molecular weight is 273 g/mol. The molecule has 0 aliphatic carbocycles. The van der Waals surface area contributed by atoms with Crippen LogP contribution in [0.1, 0.15) is 12.5 Å². The number of rotatable bonds is 4. The molecular weight excluding hydrogens is 260 g/mol. The van der Waals surface area contributed by atoms with Gasteiger partial charge in [0.15, 0.2) is 0 Å². The van der Waals surface area contributed by atoms with E-state index in [9.17, 15) is 9.46 Å². The number of aromatic nitrogens is 1. The standard InChI is InChI=1S/C12H14NO3P.Na/c1-2-16-17(14,15)9-11-6-3-5-10-7-4-8-13-12(10)11;/h3-8H,2,9H2,1H3,(H,14,15);/q;+1/p-1. The molecule has 0 saturated carbocycles. The van der Waals surface area contributed by atoms with Crippen LogP contribution in [0.25, 0.3) is 10.9 Å². The Balaban J connectivity index is 0.00000162. The fourth-order valence-corrected chi connectivity index (χ4v) is 2.90. The average Bonchev–Trinajstić information content (AvgIpc) is 2.29. The van der Waals surface area contributed by atoms with E-state index < -0.39 is 7.60 Å². The Morgan fingerprint density at radius 1 is 1.33 bits per heavy atom. The summed E-state index contributed by atoms with van der Waals surface area (Å²) in [6, 6.07) is 9.22. The Kier molecular flexibility index (Phi) is 5.99. The maximum atomic E-state index is 11.6. The van der Waals surface area contributed by atoms with Crippen molar-refractivity contribution in [3.63, 3.8) is 0 Å². The molecule has 4 nitrogen and oxygen atoms in total. The fraction of sp³-hybridized carbons (Fsp3) is 0.250. The van der Waals surface area contributed by atoms with E-state index in [1.54, 1.807) is 19.2 Å². The van der Waals surface area contributed by atoms with Crippen LogP contribution in [-0.2, 0) is 15.3 Å². The van der Waals surface area contributed by atoms with E-state index in [4.69, 9.17) is 4.52 Å². The van der Waals surface area contributed by atoms with Gasteiger partial charge in [0.25, 0.3) is 0 Å². The van der Waals surface area contributed by atoms with Gasteiger partial charge < -0.3 is 14.0 Å². The Bertz CT molecular complexity index is 571. The first kappa shape index (κ1) is 15.8. The SMILES string of the molecule is CCOP(=O)([O-])Cc1cccc2cccnc12.[Na+]. The van der Waals surface area contributed by atoms with Crippen LogP contribution in [0.15, 0.2) is 36.5 Å². The molecule has 2 rings (SSSR count). The minimum absolute atomic E-state index is 0. The second-order valence-electron chi connectivity index (χ2n) is 3.68. The Labute approximate surface area is 128 Å². The number of hydrogen-bond acceptors (Lipinski definition) is 4. The van der Waals surface area contributed by atoms with Crippen LogP contribution < -0.4 is 34.5 Å². The molecule has 18 heavy (non-hydrogen) atoms. The normalized spacial score (nSPS) is 13.9. The van der Waals surface area contributed by atoms with Crippen molar-refractivity contribution in [2.24, 2.45) is 0 Å². The summed E-state index contributed by atoms with van der Waals surface area (Å²) in [7, 11) is -3.81. The number of benzene rings is 1. The first-order valence-corrected chi connectivity index (χ1v) is 7.12. The van der Waals surface area contributed by atoms with E-state index in [1.165, 1.54) is 0 Å². The molecule has 1 aromatic heterocycles. The van der Waals surface area contributed by atoms with Gasteiger partial charge in [-0.15, -0.1) is 0 Å². The van der Waals surface area contributed by atoms with Crippen LogP contribution in [0.2, 0.25) is 0 Å². The van der Waals surface area contributed by atoms with E-state index in [1.807, 2.05) is 24.3 Å². The number of nitrogens with zero attached hydrogens (tertiary/aromatic N) is 1. The van der Waals surface area contributed by atoms with E-state index in [-0.39, 0.29) is 42.3 Å². The number of fused-ring (bicyclic) bond motifs is 1. The molecule has 1 unspecified atom stereocenters. The molecular formula is C12H13NNaO3P. The van der Waals surface area contributed by atoms with Crippen molar-refractivity contribution in [3.8, 4) is 0 Å². The van der Waals surface area contributed by atoms with Crippen LogP contribution in [0.4, 0.5) is 0 Å². The first-order chi connectivity index (χ1) is 8.12. The topological polar surface area (TPSA) is 62.2 Å². The van der Waals surface area contributed by atoms with Gasteiger partial charge in [-0.2, -0.15) is 0 Å².